The van der Waals surface area contributed by atoms with Gasteiger partial charge in [-0.3, -0.25) is 9.59 Å². The molecular formula is C20H27N3O4. The number of benzene rings is 1. The lowest BCUT2D eigenvalue weighted by molar-refractivity contribution is -0.142. The van der Waals surface area contributed by atoms with Crippen LogP contribution < -0.4 is 15.5 Å². The third-order valence-corrected chi connectivity index (χ3v) is 5.45. The Labute approximate surface area is 159 Å². The molecule has 1 aromatic rings. The van der Waals surface area contributed by atoms with Crippen molar-refractivity contribution in [1.82, 2.24) is 10.6 Å². The molecule has 0 radical (unpaired) electrons. The molecule has 27 heavy (non-hydrogen) atoms. The second kappa shape index (κ2) is 8.88. The van der Waals surface area contributed by atoms with E-state index in [0.29, 0.717) is 45.1 Å². The van der Waals surface area contributed by atoms with E-state index in [4.69, 9.17) is 5.11 Å². The lowest BCUT2D eigenvalue weighted by Crippen LogP contribution is -2.44. The first-order chi connectivity index (χ1) is 13.0. The van der Waals surface area contributed by atoms with Gasteiger partial charge in [0.1, 0.15) is 0 Å². The Kier molecular flexibility index (Phi) is 6.32. The number of fused-ring (bicyclic) bond motifs is 1. The van der Waals surface area contributed by atoms with E-state index in [1.54, 1.807) is 0 Å². The number of urea groups is 1. The molecule has 0 atom stereocenters. The molecule has 0 aromatic heterocycles. The molecule has 3 rings (SSSR count). The van der Waals surface area contributed by atoms with Gasteiger partial charge in [-0.25, -0.2) is 4.79 Å². The summed E-state index contributed by atoms with van der Waals surface area (Å²) >= 11 is 0. The van der Waals surface area contributed by atoms with Gasteiger partial charge in [-0.15, -0.1) is 0 Å². The van der Waals surface area contributed by atoms with Crippen LogP contribution in [0.5, 0.6) is 0 Å². The summed E-state index contributed by atoms with van der Waals surface area (Å²) < 4.78 is 0. The number of hydrogen-bond donors (Lipinski definition) is 3. The third kappa shape index (κ3) is 4.99. The van der Waals surface area contributed by atoms with E-state index in [9.17, 15) is 14.4 Å². The van der Waals surface area contributed by atoms with Crippen LogP contribution in [0.15, 0.2) is 24.3 Å². The highest BCUT2D eigenvalue weighted by molar-refractivity contribution is 5.95. The number of anilines is 1. The van der Waals surface area contributed by atoms with E-state index in [1.165, 1.54) is 5.56 Å². The van der Waals surface area contributed by atoms with Crippen LogP contribution in [0.1, 0.15) is 44.1 Å². The number of carboxylic acid groups (broad SMARTS) is 1. The van der Waals surface area contributed by atoms with Gasteiger partial charge in [0, 0.05) is 31.2 Å². The average molecular weight is 373 g/mol. The molecule has 0 spiro atoms. The smallest absolute Gasteiger partial charge is 0.315 e. The summed E-state index contributed by atoms with van der Waals surface area (Å²) in [5.41, 5.74) is 2.21. The van der Waals surface area contributed by atoms with Crippen molar-refractivity contribution in [2.24, 2.45) is 5.92 Å². The lowest BCUT2D eigenvalue weighted by atomic mass is 9.86. The number of amides is 3. The van der Waals surface area contributed by atoms with Gasteiger partial charge in [-0.1, -0.05) is 18.2 Å². The second-order valence-electron chi connectivity index (χ2n) is 7.31. The molecule has 0 saturated heterocycles. The highest BCUT2D eigenvalue weighted by Gasteiger charge is 2.27. The van der Waals surface area contributed by atoms with Gasteiger partial charge in [0.15, 0.2) is 0 Å². The molecule has 0 unspecified atom stereocenters. The van der Waals surface area contributed by atoms with Crippen molar-refractivity contribution in [3.05, 3.63) is 29.8 Å². The minimum atomic E-state index is -0.747. The van der Waals surface area contributed by atoms with Gasteiger partial charge in [-0.2, -0.15) is 0 Å². The molecule has 1 saturated carbocycles. The molecule has 1 aliphatic carbocycles. The summed E-state index contributed by atoms with van der Waals surface area (Å²) in [6.45, 7) is 1.17. The monoisotopic (exact) mass is 373 g/mol. The summed E-state index contributed by atoms with van der Waals surface area (Å²) in [6.07, 6.45) is 4.48. The van der Waals surface area contributed by atoms with Crippen molar-refractivity contribution >= 4 is 23.6 Å². The van der Waals surface area contributed by atoms with Gasteiger partial charge in [-0.05, 0) is 50.2 Å². The molecule has 146 valence electrons. The number of carboxylic acids is 1. The fourth-order valence-corrected chi connectivity index (χ4v) is 3.89. The van der Waals surface area contributed by atoms with Crippen molar-refractivity contribution in [2.45, 2.75) is 51.0 Å². The molecule has 7 nitrogen and oxygen atoms in total. The zero-order valence-corrected chi connectivity index (χ0v) is 15.4. The zero-order valence-electron chi connectivity index (χ0n) is 15.4. The Morgan fingerprint density at radius 3 is 2.59 bits per heavy atom. The molecular weight excluding hydrogens is 346 g/mol. The largest absolute Gasteiger partial charge is 0.481 e. The summed E-state index contributed by atoms with van der Waals surface area (Å²) in [5, 5.41) is 14.7. The number of carbonyl (C=O) groups is 3. The molecule has 3 amide bonds. The molecule has 7 heteroatoms. The van der Waals surface area contributed by atoms with Gasteiger partial charge in [0.25, 0.3) is 0 Å². The van der Waals surface area contributed by atoms with Crippen LogP contribution in [0.2, 0.25) is 0 Å². The van der Waals surface area contributed by atoms with Gasteiger partial charge in [0.05, 0.1) is 5.92 Å². The summed E-state index contributed by atoms with van der Waals surface area (Å²) in [4.78, 5) is 37.1. The van der Waals surface area contributed by atoms with Crippen LogP contribution in [-0.2, 0) is 16.0 Å². The summed E-state index contributed by atoms with van der Waals surface area (Å²) in [6, 6.07) is 7.75. The molecule has 3 N–H and O–H groups in total. The molecule has 2 aliphatic rings. The van der Waals surface area contributed by atoms with Gasteiger partial charge < -0.3 is 20.6 Å². The Hall–Kier alpha value is -2.57. The minimum absolute atomic E-state index is 0.0309. The van der Waals surface area contributed by atoms with E-state index < -0.39 is 5.97 Å². The summed E-state index contributed by atoms with van der Waals surface area (Å²) in [7, 11) is 0. The minimum Gasteiger partial charge on any atom is -0.481 e. The molecule has 1 aromatic carbocycles. The molecule has 1 fully saturated rings. The maximum atomic E-state index is 12.4. The number of para-hydroxylation sites is 1. The Morgan fingerprint density at radius 2 is 1.85 bits per heavy atom. The summed E-state index contributed by atoms with van der Waals surface area (Å²) in [5.74, 6) is -0.940. The number of aliphatic carboxylic acids is 1. The first-order valence-corrected chi connectivity index (χ1v) is 9.70. The predicted octanol–water partition coefficient (Wildman–Crippen LogP) is 2.30. The van der Waals surface area contributed by atoms with Gasteiger partial charge in [0.2, 0.25) is 5.91 Å². The lowest BCUT2D eigenvalue weighted by Gasteiger charge is -2.26. The highest BCUT2D eigenvalue weighted by atomic mass is 16.4. The van der Waals surface area contributed by atoms with E-state index in [0.717, 1.165) is 18.7 Å². The van der Waals surface area contributed by atoms with Crippen LogP contribution in [0, 0.1) is 5.92 Å². The average Bonchev–Trinajstić information content (AvgIpc) is 3.10. The fraction of sp³-hybridized carbons (Fsp3) is 0.550. The SMILES string of the molecule is O=C(NCCCC(=O)N1CCc2ccccc21)NC1CCC(C(=O)O)CC1. The Morgan fingerprint density at radius 1 is 1.11 bits per heavy atom. The quantitative estimate of drug-likeness (QED) is 0.666. The number of nitrogens with one attached hydrogen (secondary N) is 2. The predicted molar refractivity (Wildman–Crippen MR) is 102 cm³/mol. The highest BCUT2D eigenvalue weighted by Crippen LogP contribution is 2.28. The molecule has 1 aliphatic heterocycles. The maximum absolute atomic E-state index is 12.4. The number of hydrogen-bond acceptors (Lipinski definition) is 3. The van der Waals surface area contributed by atoms with E-state index >= 15 is 0 Å². The molecule has 0 bridgehead atoms. The molecule has 1 heterocycles. The number of carbonyl (C=O) groups excluding carboxylic acids is 2. The number of rotatable bonds is 6. The number of nitrogens with zero attached hydrogens (tertiary/aromatic N) is 1. The van der Waals surface area contributed by atoms with E-state index in [1.807, 2.05) is 23.1 Å². The van der Waals surface area contributed by atoms with Crippen molar-refractivity contribution in [2.75, 3.05) is 18.0 Å². The normalized spacial score (nSPS) is 21.4. The van der Waals surface area contributed by atoms with E-state index in [2.05, 4.69) is 16.7 Å². The first-order valence-electron chi connectivity index (χ1n) is 9.70. The second-order valence-corrected chi connectivity index (χ2v) is 7.31. The van der Waals surface area contributed by atoms with Crippen molar-refractivity contribution in [1.29, 1.82) is 0 Å². The topological polar surface area (TPSA) is 98.7 Å². The van der Waals surface area contributed by atoms with Crippen LogP contribution in [-0.4, -0.2) is 42.1 Å². The Balaban J connectivity index is 1.32. The standard InChI is InChI=1S/C20H27N3O4/c24-18(23-13-11-14-4-1-2-5-17(14)23)6-3-12-21-20(27)22-16-9-7-15(8-10-16)19(25)26/h1-2,4-5,15-16H,3,6-13H2,(H,25,26)(H2,21,22,27). The zero-order chi connectivity index (χ0) is 19.2. The first kappa shape index (κ1) is 19.2. The third-order valence-electron chi connectivity index (χ3n) is 5.45. The van der Waals surface area contributed by atoms with Crippen LogP contribution in [0.3, 0.4) is 0 Å². The maximum Gasteiger partial charge on any atom is 0.315 e. The van der Waals surface area contributed by atoms with Crippen LogP contribution in [0.4, 0.5) is 10.5 Å². The van der Waals surface area contributed by atoms with Crippen molar-refractivity contribution < 1.29 is 19.5 Å². The van der Waals surface area contributed by atoms with Gasteiger partial charge >= 0.3 is 12.0 Å². The fourth-order valence-electron chi connectivity index (χ4n) is 3.89. The van der Waals surface area contributed by atoms with E-state index in [-0.39, 0.29) is 23.9 Å². The Bertz CT molecular complexity index is 698. The van der Waals surface area contributed by atoms with Crippen molar-refractivity contribution in [3.8, 4) is 0 Å². The van der Waals surface area contributed by atoms with Crippen LogP contribution in [0.25, 0.3) is 0 Å². The van der Waals surface area contributed by atoms with Crippen LogP contribution >= 0.6 is 0 Å². The van der Waals surface area contributed by atoms with Crippen molar-refractivity contribution in [3.63, 3.8) is 0 Å².